The average molecular weight is 493 g/mol. The number of furan rings is 1. The van der Waals surface area contributed by atoms with Gasteiger partial charge in [0.2, 0.25) is 0 Å². The largest absolute Gasteiger partial charge is 0.489 e. The number of methoxy groups -OCH3 is 2. The number of nitrogens with zero attached hydrogens (tertiary/aromatic N) is 2. The maximum atomic E-state index is 13.1. The summed E-state index contributed by atoms with van der Waals surface area (Å²) in [4.78, 5) is 40.7. The number of fused-ring (bicyclic) bond motifs is 2. The van der Waals surface area contributed by atoms with Gasteiger partial charge in [0, 0.05) is 57.8 Å². The molecule has 1 amide bonds. The number of esters is 1. The van der Waals surface area contributed by atoms with Crippen molar-refractivity contribution in [3.8, 4) is 5.75 Å². The van der Waals surface area contributed by atoms with E-state index in [1.165, 1.54) is 28.9 Å². The predicted octanol–water partition coefficient (Wildman–Crippen LogP) is 2.62. The molecule has 9 heteroatoms. The first-order valence-corrected chi connectivity index (χ1v) is 11.9. The van der Waals surface area contributed by atoms with Crippen LogP contribution in [-0.2, 0) is 41.9 Å². The molecule has 1 aliphatic carbocycles. The molecule has 36 heavy (non-hydrogen) atoms. The SMILES string of the molecule is COCc1ccc(C(=O)N2CCc3c(C(=O)OC)c(OC4Cc5ccccc5C4)cc(=O)n3CC2)o1. The molecule has 5 rings (SSSR count). The van der Waals surface area contributed by atoms with Gasteiger partial charge in [0.25, 0.3) is 11.5 Å². The van der Waals surface area contributed by atoms with Crippen LogP contribution in [-0.4, -0.2) is 54.8 Å². The molecule has 188 valence electrons. The van der Waals surface area contributed by atoms with Crippen LogP contribution in [0.4, 0.5) is 0 Å². The van der Waals surface area contributed by atoms with Crippen LogP contribution in [0.5, 0.6) is 5.75 Å². The molecule has 9 nitrogen and oxygen atoms in total. The van der Waals surface area contributed by atoms with E-state index in [1.807, 2.05) is 12.1 Å². The van der Waals surface area contributed by atoms with E-state index >= 15 is 0 Å². The summed E-state index contributed by atoms with van der Waals surface area (Å²) in [5.41, 5.74) is 2.87. The van der Waals surface area contributed by atoms with E-state index in [4.69, 9.17) is 18.6 Å². The second-order valence-corrected chi connectivity index (χ2v) is 8.97. The second kappa shape index (κ2) is 10.0. The molecule has 0 saturated carbocycles. The molecule has 0 fully saturated rings. The van der Waals surface area contributed by atoms with Crippen LogP contribution in [0.2, 0.25) is 0 Å². The summed E-state index contributed by atoms with van der Waals surface area (Å²) in [5.74, 6) is 0.139. The van der Waals surface area contributed by atoms with Crippen LogP contribution in [0.25, 0.3) is 0 Å². The van der Waals surface area contributed by atoms with Gasteiger partial charge in [-0.3, -0.25) is 9.59 Å². The lowest BCUT2D eigenvalue weighted by atomic mass is 10.1. The van der Waals surface area contributed by atoms with Crippen molar-refractivity contribution in [2.45, 2.75) is 38.5 Å². The number of amides is 1. The van der Waals surface area contributed by atoms with E-state index in [0.717, 1.165) is 0 Å². The van der Waals surface area contributed by atoms with Gasteiger partial charge in [-0.15, -0.1) is 0 Å². The average Bonchev–Trinajstić information content (AvgIpc) is 3.44. The lowest BCUT2D eigenvalue weighted by molar-refractivity contribution is 0.0590. The van der Waals surface area contributed by atoms with E-state index < -0.39 is 5.97 Å². The lowest BCUT2D eigenvalue weighted by Crippen LogP contribution is -2.34. The standard InChI is InChI=1S/C27H28N2O7/c1-33-16-19-7-8-22(35-19)26(31)28-10-9-21-25(27(32)34-2)23(15-24(30)29(21)12-11-28)36-20-13-17-5-3-4-6-18(17)14-20/h3-8,15,20H,9-14,16H2,1-2H3. The number of hydrogen-bond acceptors (Lipinski definition) is 7. The Balaban J connectivity index is 1.41. The molecule has 1 aliphatic heterocycles. The Morgan fingerprint density at radius 1 is 1.03 bits per heavy atom. The molecule has 0 unspecified atom stereocenters. The molecular formula is C27H28N2O7. The topological polar surface area (TPSA) is 100 Å². The molecule has 0 spiro atoms. The zero-order chi connectivity index (χ0) is 25.2. The number of hydrogen-bond donors (Lipinski definition) is 0. The third-order valence-electron chi connectivity index (χ3n) is 6.74. The van der Waals surface area contributed by atoms with Crippen LogP contribution in [0, 0.1) is 0 Å². The van der Waals surface area contributed by atoms with E-state index in [9.17, 15) is 14.4 Å². The maximum Gasteiger partial charge on any atom is 0.343 e. The highest BCUT2D eigenvalue weighted by Gasteiger charge is 2.31. The lowest BCUT2D eigenvalue weighted by Gasteiger charge is -2.20. The van der Waals surface area contributed by atoms with Crippen molar-refractivity contribution in [2.75, 3.05) is 27.3 Å². The van der Waals surface area contributed by atoms with Crippen molar-refractivity contribution in [2.24, 2.45) is 0 Å². The van der Waals surface area contributed by atoms with Crippen LogP contribution >= 0.6 is 0 Å². The fourth-order valence-corrected chi connectivity index (χ4v) is 5.02. The zero-order valence-corrected chi connectivity index (χ0v) is 20.3. The van der Waals surface area contributed by atoms with Gasteiger partial charge < -0.3 is 28.1 Å². The Kier molecular flexibility index (Phi) is 6.65. The van der Waals surface area contributed by atoms with Gasteiger partial charge in [-0.2, -0.15) is 0 Å². The maximum absolute atomic E-state index is 13.1. The molecule has 0 saturated heterocycles. The Hall–Kier alpha value is -3.85. The van der Waals surface area contributed by atoms with E-state index in [1.54, 1.807) is 24.1 Å². The Morgan fingerprint density at radius 3 is 2.47 bits per heavy atom. The first-order chi connectivity index (χ1) is 17.5. The van der Waals surface area contributed by atoms with Gasteiger partial charge in [0.15, 0.2) is 5.76 Å². The van der Waals surface area contributed by atoms with Crippen molar-refractivity contribution >= 4 is 11.9 Å². The Labute approximate surface area is 208 Å². The first-order valence-electron chi connectivity index (χ1n) is 11.9. The minimum Gasteiger partial charge on any atom is -0.489 e. The first kappa shape index (κ1) is 23.9. The fraction of sp³-hybridized carbons (Fsp3) is 0.370. The fourth-order valence-electron chi connectivity index (χ4n) is 5.02. The third kappa shape index (κ3) is 4.54. The number of benzene rings is 1. The highest BCUT2D eigenvalue weighted by molar-refractivity contribution is 5.94. The minimum absolute atomic E-state index is 0.183. The summed E-state index contributed by atoms with van der Waals surface area (Å²) >= 11 is 0. The molecule has 0 radical (unpaired) electrons. The van der Waals surface area contributed by atoms with Gasteiger partial charge in [-0.1, -0.05) is 24.3 Å². The molecule has 3 aromatic rings. The summed E-state index contributed by atoms with van der Waals surface area (Å²) in [6.45, 7) is 1.11. The van der Waals surface area contributed by atoms with Crippen molar-refractivity contribution < 1.29 is 28.2 Å². The number of rotatable bonds is 6. The van der Waals surface area contributed by atoms with E-state index in [0.29, 0.717) is 43.8 Å². The monoisotopic (exact) mass is 492 g/mol. The Morgan fingerprint density at radius 2 is 1.78 bits per heavy atom. The molecule has 0 bridgehead atoms. The molecule has 2 aromatic heterocycles. The molecular weight excluding hydrogens is 464 g/mol. The van der Waals surface area contributed by atoms with Crippen LogP contribution in [0.1, 0.15) is 43.5 Å². The number of ether oxygens (including phenoxy) is 3. The number of aromatic nitrogens is 1. The molecule has 0 atom stereocenters. The summed E-state index contributed by atoms with van der Waals surface area (Å²) < 4.78 is 23.5. The zero-order valence-electron chi connectivity index (χ0n) is 20.3. The Bertz CT molecular complexity index is 1330. The summed E-state index contributed by atoms with van der Waals surface area (Å²) in [7, 11) is 2.86. The summed E-state index contributed by atoms with van der Waals surface area (Å²) in [6, 6.07) is 12.8. The van der Waals surface area contributed by atoms with Crippen LogP contribution in [0.15, 0.2) is 51.7 Å². The highest BCUT2D eigenvalue weighted by atomic mass is 16.5. The predicted molar refractivity (Wildman–Crippen MR) is 129 cm³/mol. The van der Waals surface area contributed by atoms with Crippen molar-refractivity contribution in [1.82, 2.24) is 9.47 Å². The molecule has 0 N–H and O–H groups in total. The second-order valence-electron chi connectivity index (χ2n) is 8.97. The number of carbonyl (C=O) groups is 2. The van der Waals surface area contributed by atoms with E-state index in [2.05, 4.69) is 12.1 Å². The van der Waals surface area contributed by atoms with Crippen molar-refractivity contribution in [3.63, 3.8) is 0 Å². The van der Waals surface area contributed by atoms with Gasteiger partial charge in [0.05, 0.1) is 7.11 Å². The minimum atomic E-state index is -0.570. The van der Waals surface area contributed by atoms with Gasteiger partial charge in [0.1, 0.15) is 29.8 Å². The van der Waals surface area contributed by atoms with Crippen molar-refractivity contribution in [3.05, 3.63) is 86.7 Å². The smallest absolute Gasteiger partial charge is 0.343 e. The third-order valence-corrected chi connectivity index (χ3v) is 6.74. The molecule has 3 heterocycles. The molecule has 2 aliphatic rings. The number of carbonyl (C=O) groups excluding carboxylic acids is 2. The highest BCUT2D eigenvalue weighted by Crippen LogP contribution is 2.30. The van der Waals surface area contributed by atoms with Crippen molar-refractivity contribution in [1.29, 1.82) is 0 Å². The van der Waals surface area contributed by atoms with Gasteiger partial charge in [-0.25, -0.2) is 4.79 Å². The van der Waals surface area contributed by atoms with Gasteiger partial charge in [-0.05, 0) is 23.3 Å². The van der Waals surface area contributed by atoms with Crippen LogP contribution < -0.4 is 10.3 Å². The summed E-state index contributed by atoms with van der Waals surface area (Å²) in [6.07, 6.45) is 1.51. The van der Waals surface area contributed by atoms with E-state index in [-0.39, 0.29) is 47.8 Å². The van der Waals surface area contributed by atoms with Gasteiger partial charge >= 0.3 is 5.97 Å². The van der Waals surface area contributed by atoms with Crippen LogP contribution in [0.3, 0.4) is 0 Å². The normalized spacial score (nSPS) is 15.2. The molecule has 1 aromatic carbocycles. The quantitative estimate of drug-likeness (QED) is 0.488. The number of pyridine rings is 1. The summed E-state index contributed by atoms with van der Waals surface area (Å²) in [5, 5.41) is 0.